The maximum Gasteiger partial charge on any atom is 0.333 e. The maximum atomic E-state index is 13.0. The largest absolute Gasteiger partial charge is 0.462 e. The fraction of sp³-hybridized carbons (Fsp3) is 0.296. The Kier molecular flexibility index (Phi) is 9.62. The van der Waals surface area contributed by atoms with Crippen LogP contribution in [-0.2, 0) is 31.9 Å². The van der Waals surface area contributed by atoms with Gasteiger partial charge in [-0.15, -0.1) is 0 Å². The lowest BCUT2D eigenvalue weighted by molar-refractivity contribution is -0.139. The van der Waals surface area contributed by atoms with Gasteiger partial charge in [-0.1, -0.05) is 37.4 Å². The second kappa shape index (κ2) is 12.4. The van der Waals surface area contributed by atoms with Crippen LogP contribution in [0.25, 0.3) is 0 Å². The predicted molar refractivity (Wildman–Crippen MR) is 134 cm³/mol. The second-order valence-electron chi connectivity index (χ2n) is 8.07. The van der Waals surface area contributed by atoms with Crippen LogP contribution in [-0.4, -0.2) is 45.3 Å². The van der Waals surface area contributed by atoms with Gasteiger partial charge in [0.05, 0.1) is 13.2 Å². The van der Waals surface area contributed by atoms with Crippen LogP contribution in [0.15, 0.2) is 72.8 Å². The Hall–Kier alpha value is -3.87. The number of anilines is 2. The molecule has 0 aliphatic rings. The Labute approximate surface area is 201 Å². The molecule has 0 spiro atoms. The number of esters is 2. The quantitative estimate of drug-likeness (QED) is 0.376. The average Bonchev–Trinajstić information content (AvgIpc) is 2.83. The number of hydrogen-bond donors (Lipinski definition) is 0. The van der Waals surface area contributed by atoms with Gasteiger partial charge in [-0.2, -0.15) is 0 Å². The third-order valence-corrected chi connectivity index (χ3v) is 5.17. The Morgan fingerprint density at radius 2 is 1.00 bits per heavy atom. The van der Waals surface area contributed by atoms with Crippen molar-refractivity contribution in [1.29, 1.82) is 0 Å². The number of carbonyl (C=O) groups excluding carboxylic acids is 3. The molecule has 0 fully saturated rings. The zero-order chi connectivity index (χ0) is 25.3. The number of urea groups is 1. The summed E-state index contributed by atoms with van der Waals surface area (Å²) in [5.41, 5.74) is 4.23. The SMILES string of the molecule is C=C(C)C(=O)OCCc1ccc(N(C)C(=O)N(C)c2ccc(CCOC(=O)C(=C)C)cc2)cc1. The van der Waals surface area contributed by atoms with Crippen LogP contribution in [0.5, 0.6) is 0 Å². The number of ether oxygens (including phenoxy) is 2. The fourth-order valence-electron chi connectivity index (χ4n) is 2.99. The second-order valence-corrected chi connectivity index (χ2v) is 8.07. The number of nitrogens with zero attached hydrogens (tertiary/aromatic N) is 2. The molecule has 0 aromatic heterocycles. The highest BCUT2D eigenvalue weighted by Gasteiger charge is 2.17. The van der Waals surface area contributed by atoms with Crippen molar-refractivity contribution >= 4 is 29.3 Å². The highest BCUT2D eigenvalue weighted by atomic mass is 16.5. The molecule has 0 aliphatic carbocycles. The minimum absolute atomic E-state index is 0.189. The standard InChI is InChI=1S/C27H32N2O5/c1-19(2)25(30)33-17-15-21-7-11-23(12-8-21)28(5)27(32)29(6)24-13-9-22(10-14-24)16-18-34-26(31)20(3)4/h7-14H,1,3,15-18H2,2,4-6H3. The highest BCUT2D eigenvalue weighted by molar-refractivity contribution is 6.02. The molecule has 0 N–H and O–H groups in total. The molecule has 0 bridgehead atoms. The van der Waals surface area contributed by atoms with Crippen molar-refractivity contribution in [2.75, 3.05) is 37.1 Å². The molecule has 2 aromatic rings. The van der Waals surface area contributed by atoms with Gasteiger partial charge in [0.1, 0.15) is 0 Å². The summed E-state index contributed by atoms with van der Waals surface area (Å²) in [5.74, 6) is -0.798. The molecule has 0 aliphatic heterocycles. The van der Waals surface area contributed by atoms with Crippen molar-refractivity contribution in [2.24, 2.45) is 0 Å². The van der Waals surface area contributed by atoms with E-state index in [-0.39, 0.29) is 19.2 Å². The van der Waals surface area contributed by atoms with Gasteiger partial charge in [0.2, 0.25) is 0 Å². The minimum Gasteiger partial charge on any atom is -0.462 e. The predicted octanol–water partition coefficient (Wildman–Crippen LogP) is 4.70. The van der Waals surface area contributed by atoms with Gasteiger partial charge in [-0.3, -0.25) is 9.80 Å². The van der Waals surface area contributed by atoms with Crippen LogP contribution < -0.4 is 9.80 Å². The van der Waals surface area contributed by atoms with Crippen LogP contribution in [0, 0.1) is 0 Å². The first-order valence-electron chi connectivity index (χ1n) is 10.9. The van der Waals surface area contributed by atoms with Crippen molar-refractivity contribution in [2.45, 2.75) is 26.7 Å². The lowest BCUT2D eigenvalue weighted by Gasteiger charge is -2.25. The van der Waals surface area contributed by atoms with Crippen molar-refractivity contribution < 1.29 is 23.9 Å². The summed E-state index contributed by atoms with van der Waals surface area (Å²) < 4.78 is 10.2. The van der Waals surface area contributed by atoms with E-state index >= 15 is 0 Å². The summed E-state index contributed by atoms with van der Waals surface area (Å²) in [6, 6.07) is 14.9. The number of hydrogen-bond acceptors (Lipinski definition) is 5. The lowest BCUT2D eigenvalue weighted by Crippen LogP contribution is -2.38. The molecule has 0 unspecified atom stereocenters. The molecule has 7 nitrogen and oxygen atoms in total. The molecule has 0 saturated heterocycles. The molecule has 2 amide bonds. The van der Waals surface area contributed by atoms with Crippen molar-refractivity contribution in [3.63, 3.8) is 0 Å². The Balaban J connectivity index is 1.90. The van der Waals surface area contributed by atoms with Crippen LogP contribution in [0.4, 0.5) is 16.2 Å². The van der Waals surface area contributed by atoms with Gasteiger partial charge < -0.3 is 9.47 Å². The molecule has 0 atom stereocenters. The van der Waals surface area contributed by atoms with Gasteiger partial charge >= 0.3 is 18.0 Å². The van der Waals surface area contributed by atoms with E-state index < -0.39 is 11.9 Å². The van der Waals surface area contributed by atoms with Crippen molar-refractivity contribution in [3.8, 4) is 0 Å². The topological polar surface area (TPSA) is 76.2 Å². The summed E-state index contributed by atoms with van der Waals surface area (Å²) in [7, 11) is 3.43. The molecule has 34 heavy (non-hydrogen) atoms. The summed E-state index contributed by atoms with van der Waals surface area (Å²) in [4.78, 5) is 39.0. The molecule has 2 aromatic carbocycles. The van der Waals surface area contributed by atoms with Crippen LogP contribution in [0.3, 0.4) is 0 Å². The van der Waals surface area contributed by atoms with Gasteiger partial charge in [-0.05, 0) is 49.2 Å². The normalized spacial score (nSPS) is 10.2. The summed E-state index contributed by atoms with van der Waals surface area (Å²) in [6.07, 6.45) is 1.16. The van der Waals surface area contributed by atoms with Crippen molar-refractivity contribution in [3.05, 3.63) is 84.0 Å². The Morgan fingerprint density at radius 1 is 0.676 bits per heavy atom. The van der Waals surface area contributed by atoms with Gasteiger partial charge in [-0.25, -0.2) is 14.4 Å². The third kappa shape index (κ3) is 7.62. The third-order valence-electron chi connectivity index (χ3n) is 5.17. The molecule has 2 rings (SSSR count). The zero-order valence-electron chi connectivity index (χ0n) is 20.3. The number of amides is 2. The lowest BCUT2D eigenvalue weighted by atomic mass is 10.1. The molecule has 180 valence electrons. The van der Waals surface area contributed by atoms with E-state index in [1.807, 2.05) is 48.5 Å². The number of carbonyl (C=O) groups is 3. The fourth-order valence-corrected chi connectivity index (χ4v) is 2.99. The van der Waals surface area contributed by atoms with E-state index in [0.717, 1.165) is 22.5 Å². The van der Waals surface area contributed by atoms with Crippen molar-refractivity contribution in [1.82, 2.24) is 0 Å². The van der Waals surface area contributed by atoms with E-state index in [4.69, 9.17) is 9.47 Å². The van der Waals surface area contributed by atoms with E-state index in [9.17, 15) is 14.4 Å². The Morgan fingerprint density at radius 3 is 1.29 bits per heavy atom. The average molecular weight is 465 g/mol. The highest BCUT2D eigenvalue weighted by Crippen LogP contribution is 2.20. The van der Waals surface area contributed by atoms with E-state index in [2.05, 4.69) is 13.2 Å². The van der Waals surface area contributed by atoms with E-state index in [1.165, 1.54) is 0 Å². The zero-order valence-corrected chi connectivity index (χ0v) is 20.3. The first kappa shape index (κ1) is 26.4. The van der Waals surface area contributed by atoms with Crippen LogP contribution in [0.1, 0.15) is 25.0 Å². The van der Waals surface area contributed by atoms with Gasteiger partial charge in [0.15, 0.2) is 0 Å². The Bertz CT molecular complexity index is 958. The minimum atomic E-state index is -0.399. The first-order valence-corrected chi connectivity index (χ1v) is 10.9. The van der Waals surface area contributed by atoms with Gasteiger partial charge in [0, 0.05) is 49.5 Å². The number of rotatable bonds is 10. The monoisotopic (exact) mass is 464 g/mol. The van der Waals surface area contributed by atoms with Gasteiger partial charge in [0.25, 0.3) is 0 Å². The molecule has 7 heteroatoms. The first-order chi connectivity index (χ1) is 16.1. The number of benzene rings is 2. The summed E-state index contributed by atoms with van der Waals surface area (Å²) in [6.45, 7) is 10.9. The summed E-state index contributed by atoms with van der Waals surface area (Å²) in [5, 5.41) is 0. The van der Waals surface area contributed by atoms with Crippen LogP contribution in [0.2, 0.25) is 0 Å². The molecule has 0 radical (unpaired) electrons. The van der Waals surface area contributed by atoms with Crippen LogP contribution >= 0.6 is 0 Å². The molecule has 0 saturated carbocycles. The summed E-state index contributed by atoms with van der Waals surface area (Å²) >= 11 is 0. The molecule has 0 heterocycles. The van der Waals surface area contributed by atoms with E-state index in [0.29, 0.717) is 24.0 Å². The molecular formula is C27H32N2O5. The smallest absolute Gasteiger partial charge is 0.333 e. The molecular weight excluding hydrogens is 432 g/mol. The van der Waals surface area contributed by atoms with E-state index in [1.54, 1.807) is 37.7 Å². The maximum absolute atomic E-state index is 13.0.